The average molecular weight is 172 g/mol. The van der Waals surface area contributed by atoms with Crippen molar-refractivity contribution in [1.29, 1.82) is 0 Å². The highest BCUT2D eigenvalue weighted by molar-refractivity contribution is 5.61. The fourth-order valence-corrected chi connectivity index (χ4v) is 1.21. The largest absolute Gasteiger partial charge is 0.208 e. The van der Waals surface area contributed by atoms with Crippen LogP contribution in [0.25, 0.3) is 11.1 Å². The molecule has 0 spiro atoms. The Balaban J connectivity index is 2.56. The number of nitrogens with zero attached hydrogens (tertiary/aromatic N) is 1. The molecule has 2 rings (SSSR count). The minimum absolute atomic E-state index is 0.348. The van der Waals surface area contributed by atoms with E-state index < -0.39 is 0 Å². The highest BCUT2D eigenvalue weighted by Gasteiger charge is 1.97. The van der Waals surface area contributed by atoms with Gasteiger partial charge in [-0.3, -0.25) is 0 Å². The first-order valence-corrected chi connectivity index (χ1v) is 4.21. The molecule has 0 saturated carbocycles. The van der Waals surface area contributed by atoms with Gasteiger partial charge < -0.3 is 0 Å². The average Bonchev–Trinajstić information content (AvgIpc) is 2.26. The molecule has 0 fully saturated rings. The van der Waals surface area contributed by atoms with Crippen molar-refractivity contribution in [1.82, 2.24) is 0 Å². The van der Waals surface area contributed by atoms with Gasteiger partial charge in [0.1, 0.15) is 9.79 Å². The van der Waals surface area contributed by atoms with Gasteiger partial charge in [-0.1, -0.05) is 30.3 Å². The number of rotatable bonds is 1. The van der Waals surface area contributed by atoms with E-state index in [2.05, 4.69) is 0 Å². The molecular weight excluding hydrogens is 158 g/mol. The summed E-state index contributed by atoms with van der Waals surface area (Å²) in [6.07, 6.45) is 0.697. The fraction of sp³-hybridized carbons (Fsp3) is 0.0833. The van der Waals surface area contributed by atoms with Gasteiger partial charge in [-0.25, -0.2) is 4.57 Å². The van der Waals surface area contributed by atoms with Crippen LogP contribution in [0.1, 0.15) is 2.74 Å². The minimum atomic E-state index is 0.348. The lowest BCUT2D eigenvalue weighted by Gasteiger charge is -1.98. The van der Waals surface area contributed by atoms with Crippen LogP contribution in [0, 0.1) is 0 Å². The number of hydrogen-bond donors (Lipinski definition) is 0. The molecule has 0 radical (unpaired) electrons. The van der Waals surface area contributed by atoms with Crippen LogP contribution in [0.4, 0.5) is 0 Å². The Bertz CT molecular complexity index is 457. The predicted molar refractivity (Wildman–Crippen MR) is 53.1 cm³/mol. The second kappa shape index (κ2) is 3.40. The second-order valence-corrected chi connectivity index (χ2v) is 2.93. The lowest BCUT2D eigenvalue weighted by Crippen LogP contribution is -2.25. The quantitative estimate of drug-likeness (QED) is 0.580. The number of hydrogen-bond acceptors (Lipinski definition) is 0. The summed E-state index contributed by atoms with van der Waals surface area (Å²) in [7, 11) is 1.72. The molecule has 0 saturated heterocycles. The maximum atomic E-state index is 7.69. The highest BCUT2D eigenvalue weighted by atomic mass is 14.9. The van der Waals surface area contributed by atoms with Crippen LogP contribution >= 0.6 is 0 Å². The smallest absolute Gasteiger partial charge is 0.169 e. The van der Waals surface area contributed by atoms with Gasteiger partial charge in [0.2, 0.25) is 0 Å². The molecule has 0 amide bonds. The van der Waals surface area contributed by atoms with Gasteiger partial charge >= 0.3 is 0 Å². The summed E-state index contributed by atoms with van der Waals surface area (Å²) in [6, 6.07) is 13.4. The van der Waals surface area contributed by atoms with Crippen LogP contribution in [0.2, 0.25) is 0 Å². The Morgan fingerprint density at radius 1 is 0.923 bits per heavy atom. The van der Waals surface area contributed by atoms with Crippen LogP contribution in [-0.4, -0.2) is 0 Å². The maximum Gasteiger partial charge on any atom is 0.169 e. The molecule has 13 heavy (non-hydrogen) atoms. The summed E-state index contributed by atoms with van der Waals surface area (Å²) < 4.78 is 16.9. The van der Waals surface area contributed by atoms with Crippen LogP contribution in [0.15, 0.2) is 54.8 Å². The molecule has 0 aliphatic rings. The van der Waals surface area contributed by atoms with Gasteiger partial charge in [-0.05, 0) is 11.1 Å². The summed E-state index contributed by atoms with van der Waals surface area (Å²) in [4.78, 5) is 0. The van der Waals surface area contributed by atoms with E-state index in [0.29, 0.717) is 12.3 Å². The van der Waals surface area contributed by atoms with E-state index >= 15 is 0 Å². The van der Waals surface area contributed by atoms with E-state index in [1.165, 1.54) is 4.57 Å². The lowest BCUT2D eigenvalue weighted by atomic mass is 10.1. The van der Waals surface area contributed by atoms with Crippen molar-refractivity contribution < 1.29 is 7.31 Å². The van der Waals surface area contributed by atoms with E-state index in [4.69, 9.17) is 2.74 Å². The molecule has 0 aliphatic heterocycles. The zero-order chi connectivity index (χ0) is 10.8. The van der Waals surface area contributed by atoms with Gasteiger partial charge in [0.05, 0.1) is 0 Å². The first-order chi connectivity index (χ1) is 7.18. The van der Waals surface area contributed by atoms with E-state index in [1.807, 2.05) is 30.3 Å². The summed E-state index contributed by atoms with van der Waals surface area (Å²) in [5.41, 5.74) is 1.96. The topological polar surface area (TPSA) is 3.88 Å². The summed E-state index contributed by atoms with van der Waals surface area (Å²) in [6.45, 7) is 0. The van der Waals surface area contributed by atoms with Crippen molar-refractivity contribution in [2.45, 2.75) is 0 Å². The molecular formula is C12H12N+. The van der Waals surface area contributed by atoms with Crippen molar-refractivity contribution in [3.63, 3.8) is 0 Å². The number of benzene rings is 1. The summed E-state index contributed by atoms with van der Waals surface area (Å²) in [5.74, 6) is 0. The monoisotopic (exact) mass is 172 g/mol. The maximum absolute atomic E-state index is 7.69. The highest BCUT2D eigenvalue weighted by Crippen LogP contribution is 2.16. The van der Waals surface area contributed by atoms with Gasteiger partial charge in [0.15, 0.2) is 12.3 Å². The number of aromatic nitrogens is 1. The van der Waals surface area contributed by atoms with Crippen LogP contribution in [0.3, 0.4) is 0 Å². The van der Waals surface area contributed by atoms with Crippen molar-refractivity contribution >= 4 is 0 Å². The Labute approximate surface area is 81.1 Å². The SMILES string of the molecule is [2H]c1cc(-c2ccccc2)cc([2H])[n+]1C. The molecule has 0 unspecified atom stereocenters. The Morgan fingerprint density at radius 3 is 2.08 bits per heavy atom. The van der Waals surface area contributed by atoms with E-state index in [1.54, 1.807) is 19.2 Å². The zero-order valence-corrected chi connectivity index (χ0v) is 7.49. The summed E-state index contributed by atoms with van der Waals surface area (Å²) in [5, 5.41) is 0. The predicted octanol–water partition coefficient (Wildman–Crippen LogP) is 2.18. The van der Waals surface area contributed by atoms with Crippen LogP contribution in [-0.2, 0) is 7.05 Å². The first kappa shape index (κ1) is 5.92. The first-order valence-electron chi connectivity index (χ1n) is 5.21. The third-order valence-corrected chi connectivity index (χ3v) is 1.93. The van der Waals surface area contributed by atoms with Gasteiger partial charge in [-0.15, -0.1) is 0 Å². The Morgan fingerprint density at radius 2 is 1.46 bits per heavy atom. The van der Waals surface area contributed by atoms with Crippen molar-refractivity contribution in [3.8, 4) is 11.1 Å². The molecule has 1 aromatic heterocycles. The zero-order valence-electron chi connectivity index (χ0n) is 9.49. The third kappa shape index (κ3) is 1.75. The third-order valence-electron chi connectivity index (χ3n) is 1.93. The van der Waals surface area contributed by atoms with E-state index in [9.17, 15) is 0 Å². The van der Waals surface area contributed by atoms with Crippen LogP contribution in [0.5, 0.6) is 0 Å². The molecule has 0 atom stereocenters. The molecule has 1 heteroatoms. The van der Waals surface area contributed by atoms with Crippen molar-refractivity contribution in [2.24, 2.45) is 7.05 Å². The molecule has 0 bridgehead atoms. The van der Waals surface area contributed by atoms with Gasteiger partial charge in [0, 0.05) is 12.1 Å². The second-order valence-electron chi connectivity index (χ2n) is 2.93. The Kier molecular flexibility index (Phi) is 1.55. The van der Waals surface area contributed by atoms with E-state index in [-0.39, 0.29) is 0 Å². The Hall–Kier alpha value is -1.63. The lowest BCUT2D eigenvalue weighted by molar-refractivity contribution is -0.671. The molecule has 0 N–H and O–H groups in total. The normalized spacial score (nSPS) is 12.1. The molecule has 2 aromatic rings. The molecule has 1 nitrogen and oxygen atoms in total. The molecule has 1 heterocycles. The number of pyridine rings is 1. The summed E-state index contributed by atoms with van der Waals surface area (Å²) >= 11 is 0. The van der Waals surface area contributed by atoms with Crippen LogP contribution < -0.4 is 4.57 Å². The fourth-order valence-electron chi connectivity index (χ4n) is 1.21. The van der Waals surface area contributed by atoms with E-state index in [0.717, 1.165) is 11.1 Å². The van der Waals surface area contributed by atoms with Gasteiger partial charge in [-0.2, -0.15) is 0 Å². The van der Waals surface area contributed by atoms with Crippen molar-refractivity contribution in [3.05, 3.63) is 54.8 Å². The van der Waals surface area contributed by atoms with Gasteiger partial charge in [0.25, 0.3) is 0 Å². The molecule has 0 aliphatic carbocycles. The standard InChI is InChI=1S/C12H12N/c1-13-9-7-12(8-10-13)11-5-3-2-4-6-11/h2-10H,1H3/q+1/i9D,10D. The molecule has 1 aromatic carbocycles. The minimum Gasteiger partial charge on any atom is -0.208 e. The van der Waals surface area contributed by atoms with Crippen molar-refractivity contribution in [2.75, 3.05) is 0 Å². The molecule has 64 valence electrons.